The summed E-state index contributed by atoms with van der Waals surface area (Å²) in [6, 6.07) is 4.92. The van der Waals surface area contributed by atoms with Crippen molar-refractivity contribution in [3.05, 3.63) is 29.3 Å². The maximum Gasteiger partial charge on any atom is 0.547 e. The monoisotopic (exact) mass is 375 g/mol. The Hall–Kier alpha value is -2.55. The minimum Gasteiger partial charge on any atom is -0.534 e. The Labute approximate surface area is 157 Å². The van der Waals surface area contributed by atoms with Crippen molar-refractivity contribution >= 4 is 25.0 Å². The molecule has 3 rings (SSSR count). The van der Waals surface area contributed by atoms with Crippen molar-refractivity contribution in [1.29, 1.82) is 0 Å². The molecule has 1 aliphatic carbocycles. The summed E-state index contributed by atoms with van der Waals surface area (Å²) < 4.78 is 15.4. The van der Waals surface area contributed by atoms with E-state index in [9.17, 15) is 19.4 Å². The third-order valence-corrected chi connectivity index (χ3v) is 4.84. The first-order chi connectivity index (χ1) is 13.0. The lowest BCUT2D eigenvalue weighted by molar-refractivity contribution is -0.160. The van der Waals surface area contributed by atoms with Gasteiger partial charge in [-0.1, -0.05) is 25.5 Å². The summed E-state index contributed by atoms with van der Waals surface area (Å²) in [5.74, 6) is -1.75. The summed E-state index contributed by atoms with van der Waals surface area (Å²) in [5.41, 5.74) is 0.800. The number of nitrogens with one attached hydrogen (secondary N) is 1. The first-order valence-electron chi connectivity index (χ1n) is 9.09. The van der Waals surface area contributed by atoms with Crippen molar-refractivity contribution in [2.45, 2.75) is 45.0 Å². The Morgan fingerprint density at radius 2 is 2.07 bits per heavy atom. The predicted octanol–water partition coefficient (Wildman–Crippen LogP) is 0.994. The number of amides is 1. The van der Waals surface area contributed by atoms with E-state index in [1.54, 1.807) is 19.1 Å². The van der Waals surface area contributed by atoms with Gasteiger partial charge in [-0.2, -0.15) is 0 Å². The molecule has 144 valence electrons. The zero-order valence-electron chi connectivity index (χ0n) is 15.1. The zero-order valence-corrected chi connectivity index (χ0v) is 15.1. The fraction of sp³-hybridized carbons (Fsp3) is 0.500. The minimum absolute atomic E-state index is 0.0954. The van der Waals surface area contributed by atoms with Crippen molar-refractivity contribution in [1.82, 2.24) is 5.32 Å². The third kappa shape index (κ3) is 4.41. The van der Waals surface area contributed by atoms with E-state index in [2.05, 4.69) is 5.32 Å². The average Bonchev–Trinajstić information content (AvgIpc) is 2.60. The van der Waals surface area contributed by atoms with Gasteiger partial charge in [-0.3, -0.25) is 9.59 Å². The van der Waals surface area contributed by atoms with Crippen molar-refractivity contribution in [3.63, 3.8) is 0 Å². The van der Waals surface area contributed by atoms with Crippen LogP contribution in [0, 0.1) is 5.92 Å². The molecule has 8 nitrogen and oxygen atoms in total. The lowest BCUT2D eigenvalue weighted by atomic mass is 9.72. The van der Waals surface area contributed by atoms with Gasteiger partial charge in [-0.15, -0.1) is 0 Å². The predicted molar refractivity (Wildman–Crippen MR) is 94.7 cm³/mol. The molecule has 1 fully saturated rings. The highest BCUT2D eigenvalue weighted by atomic mass is 16.7. The van der Waals surface area contributed by atoms with E-state index in [0.29, 0.717) is 18.4 Å². The Bertz CT molecular complexity index is 734. The summed E-state index contributed by atoms with van der Waals surface area (Å²) in [5, 5.41) is 12.8. The van der Waals surface area contributed by atoms with Gasteiger partial charge in [-0.25, -0.2) is 4.79 Å². The highest BCUT2D eigenvalue weighted by Crippen LogP contribution is 2.31. The van der Waals surface area contributed by atoms with Crippen LogP contribution < -0.4 is 9.97 Å². The van der Waals surface area contributed by atoms with Crippen molar-refractivity contribution in [2.75, 3.05) is 6.79 Å². The van der Waals surface area contributed by atoms with Crippen LogP contribution in [0.3, 0.4) is 0 Å². The molecule has 1 atom stereocenters. The molecule has 0 bridgehead atoms. The standard InChI is InChI=1S/C18H22BNO7/c1-2-15(21)20-14-9-12-7-4-8-13(16(12)27-19(14)24)18(23)26-10-25-17(22)11-5-3-6-11/h4,7-8,11,14,24H,2-3,5-6,9-10H2,1H3,(H,20,21)/t14-/m0/s1. The SMILES string of the molecule is CCC(=O)N[C@H]1Cc2cccc(C(=O)OCOC(=O)C3CCC3)c2OB1O. The van der Waals surface area contributed by atoms with Gasteiger partial charge in [0.05, 0.1) is 11.9 Å². The number of hydrogen-bond donors (Lipinski definition) is 2. The van der Waals surface area contributed by atoms with Crippen molar-refractivity contribution in [3.8, 4) is 5.75 Å². The van der Waals surface area contributed by atoms with Crippen molar-refractivity contribution < 1.29 is 33.5 Å². The molecule has 2 N–H and O–H groups in total. The average molecular weight is 375 g/mol. The van der Waals surface area contributed by atoms with Crippen LogP contribution in [0.15, 0.2) is 18.2 Å². The van der Waals surface area contributed by atoms with Gasteiger partial charge < -0.3 is 24.5 Å². The molecule has 1 heterocycles. The summed E-state index contributed by atoms with van der Waals surface area (Å²) in [6.07, 6.45) is 3.23. The Balaban J connectivity index is 1.62. The Kier molecular flexibility index (Phi) is 6.00. The fourth-order valence-electron chi connectivity index (χ4n) is 3.00. The number of esters is 2. The molecular weight excluding hydrogens is 353 g/mol. The second-order valence-electron chi connectivity index (χ2n) is 6.67. The maximum absolute atomic E-state index is 12.3. The molecule has 1 saturated carbocycles. The van der Waals surface area contributed by atoms with E-state index >= 15 is 0 Å². The van der Waals surface area contributed by atoms with Gasteiger partial charge in [0.15, 0.2) is 0 Å². The lowest BCUT2D eigenvalue weighted by Crippen LogP contribution is -2.53. The van der Waals surface area contributed by atoms with Crippen LogP contribution in [-0.4, -0.2) is 42.7 Å². The molecule has 0 aromatic heterocycles. The number of carbonyl (C=O) groups excluding carboxylic acids is 3. The van der Waals surface area contributed by atoms with E-state index in [4.69, 9.17) is 14.1 Å². The summed E-state index contributed by atoms with van der Waals surface area (Å²) in [7, 11) is -1.28. The van der Waals surface area contributed by atoms with E-state index < -0.39 is 25.8 Å². The topological polar surface area (TPSA) is 111 Å². The number of hydrogen-bond acceptors (Lipinski definition) is 7. The molecule has 27 heavy (non-hydrogen) atoms. The van der Waals surface area contributed by atoms with Gasteiger partial charge in [0.1, 0.15) is 11.3 Å². The fourth-order valence-corrected chi connectivity index (χ4v) is 3.00. The van der Waals surface area contributed by atoms with E-state index in [1.165, 1.54) is 6.07 Å². The summed E-state index contributed by atoms with van der Waals surface area (Å²) >= 11 is 0. The number of para-hydroxylation sites is 1. The molecule has 0 spiro atoms. The second-order valence-corrected chi connectivity index (χ2v) is 6.67. The van der Waals surface area contributed by atoms with Gasteiger partial charge in [0.2, 0.25) is 12.7 Å². The number of carbonyl (C=O) groups is 3. The van der Waals surface area contributed by atoms with E-state index in [-0.39, 0.29) is 29.1 Å². The lowest BCUT2D eigenvalue weighted by Gasteiger charge is -2.29. The highest BCUT2D eigenvalue weighted by molar-refractivity contribution is 6.47. The van der Waals surface area contributed by atoms with Crippen LogP contribution in [0.2, 0.25) is 0 Å². The van der Waals surface area contributed by atoms with Crippen LogP contribution in [-0.2, 0) is 25.5 Å². The number of ether oxygens (including phenoxy) is 2. The molecule has 1 aromatic rings. The Morgan fingerprint density at radius 3 is 2.74 bits per heavy atom. The minimum atomic E-state index is -1.28. The molecular formula is C18H22BNO7. The van der Waals surface area contributed by atoms with Gasteiger partial charge in [-0.05, 0) is 30.9 Å². The quantitative estimate of drug-likeness (QED) is 0.433. The zero-order chi connectivity index (χ0) is 19.4. The van der Waals surface area contributed by atoms with Crippen LogP contribution in [0.1, 0.15) is 48.5 Å². The number of rotatable bonds is 6. The van der Waals surface area contributed by atoms with Crippen molar-refractivity contribution in [2.24, 2.45) is 5.92 Å². The van der Waals surface area contributed by atoms with Crippen LogP contribution in [0.5, 0.6) is 5.75 Å². The smallest absolute Gasteiger partial charge is 0.534 e. The van der Waals surface area contributed by atoms with Crippen LogP contribution in [0.4, 0.5) is 0 Å². The Morgan fingerprint density at radius 1 is 1.30 bits per heavy atom. The molecule has 0 unspecified atom stereocenters. The maximum atomic E-state index is 12.3. The van der Waals surface area contributed by atoms with Crippen LogP contribution >= 0.6 is 0 Å². The van der Waals surface area contributed by atoms with Crippen LogP contribution in [0.25, 0.3) is 0 Å². The molecule has 1 aromatic carbocycles. The molecule has 0 radical (unpaired) electrons. The number of fused-ring (bicyclic) bond motifs is 1. The largest absolute Gasteiger partial charge is 0.547 e. The normalized spacial score (nSPS) is 18.6. The van der Waals surface area contributed by atoms with Gasteiger partial charge >= 0.3 is 19.1 Å². The third-order valence-electron chi connectivity index (χ3n) is 4.84. The van der Waals surface area contributed by atoms with Gasteiger partial charge in [0.25, 0.3) is 0 Å². The molecule has 9 heteroatoms. The second kappa shape index (κ2) is 8.43. The molecule has 0 saturated heterocycles. The highest BCUT2D eigenvalue weighted by Gasteiger charge is 2.37. The first kappa shape index (κ1) is 19.2. The van der Waals surface area contributed by atoms with E-state index in [1.807, 2.05) is 0 Å². The summed E-state index contributed by atoms with van der Waals surface area (Å²) in [6.45, 7) is 1.25. The number of benzene rings is 1. The molecule has 1 amide bonds. The van der Waals surface area contributed by atoms with Gasteiger partial charge in [0, 0.05) is 6.42 Å². The molecule has 2 aliphatic rings. The summed E-state index contributed by atoms with van der Waals surface area (Å²) in [4.78, 5) is 35.5. The van der Waals surface area contributed by atoms with E-state index in [0.717, 1.165) is 19.3 Å². The molecule has 1 aliphatic heterocycles. The first-order valence-corrected chi connectivity index (χ1v) is 9.09.